The Morgan fingerprint density at radius 2 is 2.03 bits per heavy atom. The van der Waals surface area contributed by atoms with Gasteiger partial charge in [-0.1, -0.05) is 35.3 Å². The SMILES string of the molecule is CC(Oc1ccc(Cl)cc1Br)C(=O)N1CCc2[nH]nc(-c3cccc(Cl)c3)c2C1. The highest BCUT2D eigenvalue weighted by Gasteiger charge is 2.29. The van der Waals surface area contributed by atoms with Gasteiger partial charge in [0.1, 0.15) is 5.75 Å². The van der Waals surface area contributed by atoms with Gasteiger partial charge < -0.3 is 9.64 Å². The number of aromatic amines is 1. The second-order valence-electron chi connectivity index (χ2n) is 6.88. The predicted octanol–water partition coefficient (Wildman–Crippen LogP) is 5.50. The van der Waals surface area contributed by atoms with Gasteiger partial charge in [-0.3, -0.25) is 9.89 Å². The molecule has 1 atom stereocenters. The molecule has 29 heavy (non-hydrogen) atoms. The molecule has 0 saturated carbocycles. The molecular weight excluding hydrogens is 477 g/mol. The number of fused-ring (bicyclic) bond motifs is 1. The zero-order valence-corrected chi connectivity index (χ0v) is 18.7. The zero-order valence-electron chi connectivity index (χ0n) is 15.6. The number of benzene rings is 2. The fourth-order valence-corrected chi connectivity index (χ4v) is 4.39. The van der Waals surface area contributed by atoms with Crippen LogP contribution < -0.4 is 4.74 Å². The van der Waals surface area contributed by atoms with Crippen molar-refractivity contribution in [2.45, 2.75) is 26.0 Å². The van der Waals surface area contributed by atoms with Gasteiger partial charge in [0.2, 0.25) is 0 Å². The first-order chi connectivity index (χ1) is 13.9. The zero-order chi connectivity index (χ0) is 20.5. The fraction of sp³-hybridized carbons (Fsp3) is 0.238. The van der Waals surface area contributed by atoms with Gasteiger partial charge in [-0.15, -0.1) is 0 Å². The van der Waals surface area contributed by atoms with Crippen molar-refractivity contribution < 1.29 is 9.53 Å². The second-order valence-corrected chi connectivity index (χ2v) is 8.61. The van der Waals surface area contributed by atoms with Crippen molar-refractivity contribution in [3.05, 3.63) is 68.2 Å². The number of amides is 1. The molecule has 1 aliphatic rings. The normalized spacial score (nSPS) is 14.4. The smallest absolute Gasteiger partial charge is 0.263 e. The molecule has 0 fully saturated rings. The maximum Gasteiger partial charge on any atom is 0.263 e. The second kappa shape index (κ2) is 8.38. The Morgan fingerprint density at radius 1 is 1.24 bits per heavy atom. The molecule has 0 saturated heterocycles. The van der Waals surface area contributed by atoms with Crippen molar-refractivity contribution >= 4 is 45.0 Å². The molecule has 1 aromatic heterocycles. The number of nitrogens with one attached hydrogen (secondary N) is 1. The van der Waals surface area contributed by atoms with Gasteiger partial charge >= 0.3 is 0 Å². The average Bonchev–Trinajstić information content (AvgIpc) is 3.12. The molecule has 0 spiro atoms. The summed E-state index contributed by atoms with van der Waals surface area (Å²) >= 11 is 15.5. The van der Waals surface area contributed by atoms with E-state index in [4.69, 9.17) is 27.9 Å². The summed E-state index contributed by atoms with van der Waals surface area (Å²) in [7, 11) is 0. The number of hydrogen-bond donors (Lipinski definition) is 1. The van der Waals surface area contributed by atoms with E-state index in [0.717, 1.165) is 22.5 Å². The summed E-state index contributed by atoms with van der Waals surface area (Å²) in [6.07, 6.45) is 0.0852. The van der Waals surface area contributed by atoms with E-state index in [9.17, 15) is 4.79 Å². The third-order valence-electron chi connectivity index (χ3n) is 4.89. The average molecular weight is 495 g/mol. The number of rotatable bonds is 4. The van der Waals surface area contributed by atoms with E-state index < -0.39 is 6.10 Å². The lowest BCUT2D eigenvalue weighted by Gasteiger charge is -2.29. The summed E-state index contributed by atoms with van der Waals surface area (Å²) in [4.78, 5) is 14.8. The first-order valence-electron chi connectivity index (χ1n) is 9.15. The van der Waals surface area contributed by atoms with Crippen LogP contribution in [0.3, 0.4) is 0 Å². The Morgan fingerprint density at radius 3 is 2.79 bits per heavy atom. The number of halogens is 3. The summed E-state index contributed by atoms with van der Waals surface area (Å²) in [6, 6.07) is 12.8. The molecule has 2 heterocycles. The molecule has 0 aliphatic carbocycles. The number of carbonyl (C=O) groups excluding carboxylic acids is 1. The number of nitrogens with zero attached hydrogens (tertiary/aromatic N) is 2. The number of H-pyrrole nitrogens is 1. The molecule has 150 valence electrons. The lowest BCUT2D eigenvalue weighted by Crippen LogP contribution is -2.43. The highest BCUT2D eigenvalue weighted by Crippen LogP contribution is 2.31. The fourth-order valence-electron chi connectivity index (χ4n) is 3.43. The van der Waals surface area contributed by atoms with Crippen molar-refractivity contribution in [2.75, 3.05) is 6.54 Å². The van der Waals surface area contributed by atoms with Gasteiger partial charge in [0.05, 0.1) is 10.2 Å². The highest BCUT2D eigenvalue weighted by atomic mass is 79.9. The lowest BCUT2D eigenvalue weighted by molar-refractivity contribution is -0.138. The van der Waals surface area contributed by atoms with Crippen LogP contribution in [0.2, 0.25) is 10.0 Å². The largest absolute Gasteiger partial charge is 0.480 e. The topological polar surface area (TPSA) is 58.2 Å². The van der Waals surface area contributed by atoms with Crippen molar-refractivity contribution in [3.63, 3.8) is 0 Å². The summed E-state index contributed by atoms with van der Waals surface area (Å²) in [5, 5.41) is 8.82. The Bertz CT molecular complexity index is 1070. The molecule has 4 rings (SSSR count). The van der Waals surface area contributed by atoms with Crippen molar-refractivity contribution in [1.82, 2.24) is 15.1 Å². The van der Waals surface area contributed by atoms with E-state index >= 15 is 0 Å². The molecule has 2 aromatic carbocycles. The van der Waals surface area contributed by atoms with Gasteiger partial charge in [-0.2, -0.15) is 5.10 Å². The van der Waals surface area contributed by atoms with Crippen LogP contribution in [0, 0.1) is 0 Å². The van der Waals surface area contributed by atoms with Gasteiger partial charge in [0.15, 0.2) is 6.10 Å². The van der Waals surface area contributed by atoms with E-state index in [2.05, 4.69) is 26.1 Å². The minimum absolute atomic E-state index is 0.0734. The molecule has 1 amide bonds. The third kappa shape index (κ3) is 4.29. The minimum atomic E-state index is -0.629. The quantitative estimate of drug-likeness (QED) is 0.521. The summed E-state index contributed by atoms with van der Waals surface area (Å²) in [5.74, 6) is 0.506. The molecule has 0 radical (unpaired) electrons. The molecule has 1 unspecified atom stereocenters. The highest BCUT2D eigenvalue weighted by molar-refractivity contribution is 9.10. The van der Waals surface area contributed by atoms with E-state index in [1.54, 1.807) is 30.0 Å². The van der Waals surface area contributed by atoms with Crippen LogP contribution in [0.15, 0.2) is 46.9 Å². The molecule has 3 aromatic rings. The number of ether oxygens (including phenoxy) is 1. The van der Waals surface area contributed by atoms with E-state index in [1.165, 1.54) is 0 Å². The van der Waals surface area contributed by atoms with Crippen LogP contribution in [0.1, 0.15) is 18.2 Å². The van der Waals surface area contributed by atoms with Gasteiger partial charge in [-0.05, 0) is 53.2 Å². The third-order valence-corrected chi connectivity index (χ3v) is 5.98. The monoisotopic (exact) mass is 493 g/mol. The summed E-state index contributed by atoms with van der Waals surface area (Å²) in [6.45, 7) is 2.84. The molecule has 0 bridgehead atoms. The van der Waals surface area contributed by atoms with Crippen LogP contribution >= 0.6 is 39.1 Å². The van der Waals surface area contributed by atoms with E-state index in [-0.39, 0.29) is 5.91 Å². The van der Waals surface area contributed by atoms with Crippen molar-refractivity contribution in [1.29, 1.82) is 0 Å². The summed E-state index contributed by atoms with van der Waals surface area (Å²) in [5.41, 5.74) is 3.83. The van der Waals surface area contributed by atoms with Crippen molar-refractivity contribution in [3.8, 4) is 17.0 Å². The molecule has 8 heteroatoms. The first kappa shape index (κ1) is 20.3. The Kier molecular flexibility index (Phi) is 5.86. The maximum absolute atomic E-state index is 13.0. The standard InChI is InChI=1S/C21H18BrCl2N3O2/c1-12(29-19-6-5-15(24)10-17(19)22)21(28)27-8-7-18-16(11-27)20(26-25-18)13-3-2-4-14(23)9-13/h2-6,9-10,12H,7-8,11H2,1H3,(H,25,26). The van der Waals surface area contributed by atoms with Crippen LogP contribution in [0.25, 0.3) is 11.3 Å². The molecule has 5 nitrogen and oxygen atoms in total. The number of hydrogen-bond acceptors (Lipinski definition) is 3. The van der Waals surface area contributed by atoms with Gasteiger partial charge in [0, 0.05) is 46.4 Å². The predicted molar refractivity (Wildman–Crippen MR) is 117 cm³/mol. The Hall–Kier alpha value is -2.02. The Labute approximate surface area is 187 Å². The van der Waals surface area contributed by atoms with Crippen LogP contribution in [-0.4, -0.2) is 33.7 Å². The first-order valence-corrected chi connectivity index (χ1v) is 10.7. The van der Waals surface area contributed by atoms with Gasteiger partial charge in [-0.25, -0.2) is 0 Å². The van der Waals surface area contributed by atoms with Crippen molar-refractivity contribution in [2.24, 2.45) is 0 Å². The minimum Gasteiger partial charge on any atom is -0.480 e. The van der Waals surface area contributed by atoms with E-state index in [0.29, 0.717) is 39.8 Å². The lowest BCUT2D eigenvalue weighted by atomic mass is 10.0. The molecule has 1 aliphatic heterocycles. The summed E-state index contributed by atoms with van der Waals surface area (Å²) < 4.78 is 6.59. The Balaban J connectivity index is 1.52. The van der Waals surface area contributed by atoms with Crippen LogP contribution in [0.5, 0.6) is 5.75 Å². The maximum atomic E-state index is 13.0. The number of carbonyl (C=O) groups is 1. The molecular formula is C21H18BrCl2N3O2. The van der Waals surface area contributed by atoms with E-state index in [1.807, 2.05) is 24.3 Å². The van der Waals surface area contributed by atoms with Crippen LogP contribution in [-0.2, 0) is 17.8 Å². The van der Waals surface area contributed by atoms with Crippen LogP contribution in [0.4, 0.5) is 0 Å². The number of aromatic nitrogens is 2. The van der Waals surface area contributed by atoms with Gasteiger partial charge in [0.25, 0.3) is 5.91 Å². The molecule has 1 N–H and O–H groups in total.